The molecule has 0 aliphatic carbocycles. The van der Waals surface area contributed by atoms with Crippen molar-refractivity contribution in [1.82, 2.24) is 4.90 Å². The van der Waals surface area contributed by atoms with Gasteiger partial charge in [0.2, 0.25) is 5.91 Å². The van der Waals surface area contributed by atoms with Gasteiger partial charge in [0.1, 0.15) is 6.61 Å². The Morgan fingerprint density at radius 1 is 1.12 bits per heavy atom. The number of aliphatic hydroxyl groups excluding tert-OH is 1. The second kappa shape index (κ2) is 7.17. The summed E-state index contributed by atoms with van der Waals surface area (Å²) >= 11 is 0. The van der Waals surface area contributed by atoms with E-state index in [2.05, 4.69) is 29.2 Å². The number of ketones is 1. The molecule has 2 aromatic rings. The van der Waals surface area contributed by atoms with Gasteiger partial charge in [-0.2, -0.15) is 0 Å². The van der Waals surface area contributed by atoms with Gasteiger partial charge in [0.25, 0.3) is 0 Å². The van der Waals surface area contributed by atoms with Gasteiger partial charge in [-0.15, -0.1) is 0 Å². The van der Waals surface area contributed by atoms with Crippen LogP contribution in [0.15, 0.2) is 42.5 Å². The van der Waals surface area contributed by atoms with E-state index in [1.54, 1.807) is 30.1 Å². The number of fused-ring (bicyclic) bond motifs is 1. The van der Waals surface area contributed by atoms with Crippen LogP contribution in [0.5, 0.6) is 0 Å². The summed E-state index contributed by atoms with van der Waals surface area (Å²) < 4.78 is 0. The highest BCUT2D eigenvalue weighted by molar-refractivity contribution is 5.99. The number of rotatable bonds is 4. The number of carbonyl (C=O) groups excluding carboxylic acids is 2. The molecule has 0 unspecified atom stereocenters. The maximum atomic E-state index is 12.5. The van der Waals surface area contributed by atoms with E-state index in [4.69, 9.17) is 5.11 Å². The Labute approximate surface area is 147 Å². The molecule has 1 N–H and O–H groups in total. The number of hydrogen-bond acceptors (Lipinski definition) is 4. The fraction of sp³-hybridized carbons (Fsp3) is 0.300. The molecule has 0 bridgehead atoms. The van der Waals surface area contributed by atoms with Crippen LogP contribution in [0, 0.1) is 6.92 Å². The normalized spacial score (nSPS) is 15.0. The van der Waals surface area contributed by atoms with Crippen molar-refractivity contribution >= 4 is 17.4 Å². The van der Waals surface area contributed by atoms with E-state index in [0.29, 0.717) is 25.2 Å². The molecule has 3 rings (SSSR count). The van der Waals surface area contributed by atoms with Gasteiger partial charge in [0.05, 0.1) is 6.54 Å². The zero-order chi connectivity index (χ0) is 18.0. The standard InChI is InChI=1S/C20H22N2O3/c1-14-3-5-15(6-4-14)10-22-11-17-9-16(19(24)13-23)7-8-18(17)21(2)20(25)12-22/h3-9,23H,10-13H2,1-2H3. The molecule has 1 aliphatic heterocycles. The van der Waals surface area contributed by atoms with Crippen molar-refractivity contribution in [1.29, 1.82) is 0 Å². The second-order valence-electron chi connectivity index (χ2n) is 6.51. The molecule has 5 nitrogen and oxygen atoms in total. The summed E-state index contributed by atoms with van der Waals surface area (Å²) in [5.41, 5.74) is 4.55. The smallest absolute Gasteiger partial charge is 0.240 e. The molecule has 0 spiro atoms. The molecule has 0 saturated carbocycles. The number of anilines is 1. The predicted molar refractivity (Wildman–Crippen MR) is 96.6 cm³/mol. The average Bonchev–Trinajstić information content (AvgIpc) is 2.72. The molecule has 0 saturated heterocycles. The predicted octanol–water partition coefficient (Wildman–Crippen LogP) is 2.15. The molecule has 1 heterocycles. The molecule has 0 atom stereocenters. The van der Waals surface area contributed by atoms with Crippen molar-refractivity contribution < 1.29 is 14.7 Å². The van der Waals surface area contributed by atoms with Crippen molar-refractivity contribution in [3.63, 3.8) is 0 Å². The summed E-state index contributed by atoms with van der Waals surface area (Å²) in [5, 5.41) is 9.09. The van der Waals surface area contributed by atoms with E-state index in [1.165, 1.54) is 5.56 Å². The highest BCUT2D eigenvalue weighted by atomic mass is 16.3. The summed E-state index contributed by atoms with van der Waals surface area (Å²) in [6.07, 6.45) is 0. The van der Waals surface area contributed by atoms with Crippen LogP contribution in [-0.4, -0.2) is 41.9 Å². The molecule has 2 aromatic carbocycles. The first-order valence-corrected chi connectivity index (χ1v) is 8.29. The van der Waals surface area contributed by atoms with Gasteiger partial charge in [-0.05, 0) is 36.2 Å². The minimum absolute atomic E-state index is 0.0205. The summed E-state index contributed by atoms with van der Waals surface area (Å²) in [6.45, 7) is 3.09. The zero-order valence-corrected chi connectivity index (χ0v) is 14.5. The number of nitrogens with zero attached hydrogens (tertiary/aromatic N) is 2. The van der Waals surface area contributed by atoms with Crippen molar-refractivity contribution in [3.8, 4) is 0 Å². The number of aryl methyl sites for hydroxylation is 1. The van der Waals surface area contributed by atoms with Crippen LogP contribution in [0.25, 0.3) is 0 Å². The molecule has 1 amide bonds. The van der Waals surface area contributed by atoms with Crippen LogP contribution in [0.3, 0.4) is 0 Å². The molecular formula is C20H22N2O3. The summed E-state index contributed by atoms with van der Waals surface area (Å²) in [4.78, 5) is 28.0. The van der Waals surface area contributed by atoms with Gasteiger partial charge < -0.3 is 10.0 Å². The fourth-order valence-corrected chi connectivity index (χ4v) is 3.10. The third-order valence-electron chi connectivity index (χ3n) is 4.56. The van der Waals surface area contributed by atoms with Gasteiger partial charge in [-0.3, -0.25) is 14.5 Å². The fourth-order valence-electron chi connectivity index (χ4n) is 3.10. The van der Waals surface area contributed by atoms with Crippen LogP contribution in [-0.2, 0) is 17.9 Å². The molecule has 1 aliphatic rings. The van der Waals surface area contributed by atoms with Gasteiger partial charge in [0.15, 0.2) is 5.78 Å². The van der Waals surface area contributed by atoms with E-state index in [0.717, 1.165) is 16.8 Å². The number of benzene rings is 2. The Bertz CT molecular complexity index is 799. The number of likely N-dealkylation sites (N-methyl/N-ethyl adjacent to an activating group) is 1. The van der Waals surface area contributed by atoms with E-state index in [9.17, 15) is 9.59 Å². The Morgan fingerprint density at radius 3 is 2.52 bits per heavy atom. The van der Waals surface area contributed by atoms with E-state index < -0.39 is 6.61 Å². The lowest BCUT2D eigenvalue weighted by Crippen LogP contribution is -2.34. The van der Waals surface area contributed by atoms with Gasteiger partial charge in [0, 0.05) is 31.4 Å². The highest BCUT2D eigenvalue weighted by Crippen LogP contribution is 2.27. The van der Waals surface area contributed by atoms with Crippen LogP contribution in [0.4, 0.5) is 5.69 Å². The number of aliphatic hydroxyl groups is 1. The van der Waals surface area contributed by atoms with Gasteiger partial charge in [-0.1, -0.05) is 29.8 Å². The maximum Gasteiger partial charge on any atom is 0.240 e. The Balaban J connectivity index is 1.90. The molecule has 0 fully saturated rings. The van der Waals surface area contributed by atoms with Crippen LogP contribution in [0.1, 0.15) is 27.0 Å². The summed E-state index contributed by atoms with van der Waals surface area (Å²) in [6, 6.07) is 13.5. The lowest BCUT2D eigenvalue weighted by molar-refractivity contribution is -0.119. The van der Waals surface area contributed by atoms with Crippen molar-refractivity contribution in [2.24, 2.45) is 0 Å². The third kappa shape index (κ3) is 3.78. The quantitative estimate of drug-likeness (QED) is 0.868. The van der Waals surface area contributed by atoms with Crippen molar-refractivity contribution in [2.45, 2.75) is 20.0 Å². The Kier molecular flexibility index (Phi) is 4.97. The SMILES string of the molecule is Cc1ccc(CN2CC(=O)N(C)c3ccc(C(=O)CO)cc3C2)cc1. The third-order valence-corrected chi connectivity index (χ3v) is 4.56. The summed E-state index contributed by atoms with van der Waals surface area (Å²) in [7, 11) is 1.75. The van der Waals surface area contributed by atoms with Gasteiger partial charge >= 0.3 is 0 Å². The first-order chi connectivity index (χ1) is 12.0. The topological polar surface area (TPSA) is 60.9 Å². The molecule has 25 heavy (non-hydrogen) atoms. The van der Waals surface area contributed by atoms with E-state index in [1.807, 2.05) is 6.92 Å². The monoisotopic (exact) mass is 338 g/mol. The zero-order valence-electron chi connectivity index (χ0n) is 14.5. The molecule has 5 heteroatoms. The average molecular weight is 338 g/mol. The minimum atomic E-state index is -0.513. The van der Waals surface area contributed by atoms with Crippen LogP contribution >= 0.6 is 0 Å². The first-order valence-electron chi connectivity index (χ1n) is 8.29. The lowest BCUT2D eigenvalue weighted by atomic mass is 10.0. The van der Waals surface area contributed by atoms with Crippen LogP contribution < -0.4 is 4.90 Å². The molecule has 130 valence electrons. The molecule has 0 aromatic heterocycles. The Hall–Kier alpha value is -2.50. The number of amides is 1. The van der Waals surface area contributed by atoms with E-state index in [-0.39, 0.29) is 11.7 Å². The molecular weight excluding hydrogens is 316 g/mol. The van der Waals surface area contributed by atoms with Crippen molar-refractivity contribution in [2.75, 3.05) is 25.1 Å². The van der Waals surface area contributed by atoms with Crippen LogP contribution in [0.2, 0.25) is 0 Å². The Morgan fingerprint density at radius 2 is 1.84 bits per heavy atom. The highest BCUT2D eigenvalue weighted by Gasteiger charge is 2.24. The maximum absolute atomic E-state index is 12.5. The number of Topliss-reactive ketones (excluding diaryl/α,β-unsaturated/α-hetero) is 1. The van der Waals surface area contributed by atoms with E-state index >= 15 is 0 Å². The number of carbonyl (C=O) groups is 2. The second-order valence-corrected chi connectivity index (χ2v) is 6.51. The largest absolute Gasteiger partial charge is 0.388 e. The number of hydrogen-bond donors (Lipinski definition) is 1. The molecule has 0 radical (unpaired) electrons. The van der Waals surface area contributed by atoms with Crippen molar-refractivity contribution in [3.05, 3.63) is 64.7 Å². The summed E-state index contributed by atoms with van der Waals surface area (Å²) in [5.74, 6) is -0.293. The van der Waals surface area contributed by atoms with Gasteiger partial charge in [-0.25, -0.2) is 0 Å². The minimum Gasteiger partial charge on any atom is -0.388 e. The lowest BCUT2D eigenvalue weighted by Gasteiger charge is -2.19. The first kappa shape index (κ1) is 17.3.